The molecule has 2 atom stereocenters. The van der Waals surface area contributed by atoms with E-state index in [9.17, 15) is 13.2 Å². The van der Waals surface area contributed by atoms with Crippen LogP contribution in [0, 0.1) is 12.8 Å². The van der Waals surface area contributed by atoms with E-state index in [1.807, 2.05) is 6.92 Å². The maximum Gasteiger partial charge on any atom is 0.341 e. The molecule has 0 saturated carbocycles. The van der Waals surface area contributed by atoms with E-state index >= 15 is 0 Å². The van der Waals surface area contributed by atoms with E-state index in [4.69, 9.17) is 26.3 Å². The summed E-state index contributed by atoms with van der Waals surface area (Å²) < 4.78 is 34.9. The summed E-state index contributed by atoms with van der Waals surface area (Å²) in [6.07, 6.45) is 0.129. The number of aryl methyl sites for hydroxylation is 1. The highest BCUT2D eigenvalue weighted by atomic mass is 35.5. The number of hydrogen-bond acceptors (Lipinski definition) is 6. The molecule has 8 heteroatoms. The van der Waals surface area contributed by atoms with Gasteiger partial charge in [-0.25, -0.2) is 0 Å². The van der Waals surface area contributed by atoms with Crippen LogP contribution < -0.4 is 10.5 Å². The monoisotopic (exact) mass is 411 g/mol. The fourth-order valence-corrected chi connectivity index (χ4v) is 3.65. The van der Waals surface area contributed by atoms with E-state index in [1.165, 1.54) is 19.2 Å². The molecule has 0 aliphatic heterocycles. The third kappa shape index (κ3) is 5.45. The summed E-state index contributed by atoms with van der Waals surface area (Å²) in [7, 11) is -2.74. The number of carbonyl (C=O) groups is 1. The number of nitrogens with two attached hydrogens (primary N) is 1. The quantitative estimate of drug-likeness (QED) is 0.703. The van der Waals surface area contributed by atoms with Crippen molar-refractivity contribution in [1.82, 2.24) is 0 Å². The first-order valence-electron chi connectivity index (χ1n) is 8.27. The van der Waals surface area contributed by atoms with Gasteiger partial charge >= 0.3 is 16.1 Å². The number of ether oxygens (including phenoxy) is 1. The molecular weight excluding hydrogens is 390 g/mol. The Kier molecular flexibility index (Phi) is 6.86. The Hall–Kier alpha value is -2.09. The van der Waals surface area contributed by atoms with Crippen molar-refractivity contribution in [3.05, 3.63) is 58.6 Å². The summed E-state index contributed by atoms with van der Waals surface area (Å²) in [5.74, 6) is -1.29. The van der Waals surface area contributed by atoms with Gasteiger partial charge in [0.25, 0.3) is 0 Å². The Morgan fingerprint density at radius 2 is 1.81 bits per heavy atom. The van der Waals surface area contributed by atoms with E-state index in [1.54, 1.807) is 37.3 Å². The molecule has 0 bridgehead atoms. The predicted octanol–water partition coefficient (Wildman–Crippen LogP) is 3.10. The molecule has 2 aromatic rings. The normalized spacial score (nSPS) is 13.7. The van der Waals surface area contributed by atoms with Crippen LogP contribution >= 0.6 is 11.6 Å². The van der Waals surface area contributed by atoms with Crippen molar-refractivity contribution in [2.45, 2.75) is 31.2 Å². The van der Waals surface area contributed by atoms with Crippen molar-refractivity contribution in [3.63, 3.8) is 0 Å². The van der Waals surface area contributed by atoms with Gasteiger partial charge in [-0.15, -0.1) is 0 Å². The zero-order valence-electron chi connectivity index (χ0n) is 15.3. The molecule has 0 aromatic heterocycles. The average Bonchev–Trinajstić information content (AvgIpc) is 2.59. The third-order valence-electron chi connectivity index (χ3n) is 4.12. The number of halogens is 1. The third-order valence-corrected chi connectivity index (χ3v) is 5.59. The molecule has 27 heavy (non-hydrogen) atoms. The molecule has 0 radical (unpaired) electrons. The van der Waals surface area contributed by atoms with Gasteiger partial charge in [0.2, 0.25) is 0 Å². The molecule has 0 aliphatic carbocycles. The minimum absolute atomic E-state index is 0.0924. The molecule has 2 rings (SSSR count). The van der Waals surface area contributed by atoms with Crippen molar-refractivity contribution in [2.75, 3.05) is 7.11 Å². The lowest BCUT2D eigenvalue weighted by atomic mass is 9.93. The number of hydrogen-bond donors (Lipinski definition) is 1. The van der Waals surface area contributed by atoms with Crippen LogP contribution in [0.1, 0.15) is 18.1 Å². The van der Waals surface area contributed by atoms with Crippen molar-refractivity contribution in [2.24, 2.45) is 11.7 Å². The van der Waals surface area contributed by atoms with Gasteiger partial charge in [-0.05, 0) is 56.2 Å². The second kappa shape index (κ2) is 8.73. The average molecular weight is 412 g/mol. The highest BCUT2D eigenvalue weighted by Crippen LogP contribution is 2.27. The summed E-state index contributed by atoms with van der Waals surface area (Å²) in [5, 5.41) is 0.467. The minimum Gasteiger partial charge on any atom is -0.496 e. The molecule has 2 N–H and O–H groups in total. The van der Waals surface area contributed by atoms with Crippen LogP contribution in [0.25, 0.3) is 0 Å². The van der Waals surface area contributed by atoms with Gasteiger partial charge in [0.05, 0.1) is 13.0 Å². The molecule has 0 amide bonds. The van der Waals surface area contributed by atoms with Gasteiger partial charge in [-0.2, -0.15) is 8.42 Å². The highest BCUT2D eigenvalue weighted by molar-refractivity contribution is 7.87. The lowest BCUT2D eigenvalue weighted by Crippen LogP contribution is -2.36. The molecule has 6 nitrogen and oxygen atoms in total. The van der Waals surface area contributed by atoms with E-state index in [0.717, 1.165) is 5.56 Å². The van der Waals surface area contributed by atoms with Gasteiger partial charge in [0, 0.05) is 11.1 Å². The van der Waals surface area contributed by atoms with Crippen LogP contribution in [0.2, 0.25) is 5.02 Å². The molecule has 0 aliphatic rings. The van der Waals surface area contributed by atoms with Crippen LogP contribution in [-0.2, 0) is 25.5 Å². The Bertz CT molecular complexity index is 910. The molecule has 0 fully saturated rings. The van der Waals surface area contributed by atoms with Crippen molar-refractivity contribution in [3.8, 4) is 5.75 Å². The lowest BCUT2D eigenvalue weighted by molar-refractivity contribution is -0.138. The Labute approximate surface area is 164 Å². The Balaban J connectivity index is 2.25. The van der Waals surface area contributed by atoms with Crippen LogP contribution in [0.3, 0.4) is 0 Å². The van der Waals surface area contributed by atoms with Gasteiger partial charge in [-0.1, -0.05) is 29.3 Å². The molecule has 146 valence electrons. The maximum atomic E-state index is 12.6. The van der Waals surface area contributed by atoms with Gasteiger partial charge in [0.15, 0.2) is 0 Å². The van der Waals surface area contributed by atoms with E-state index < -0.39 is 28.0 Å². The van der Waals surface area contributed by atoms with Gasteiger partial charge < -0.3 is 14.7 Å². The number of rotatable bonds is 7. The topological polar surface area (TPSA) is 95.7 Å². The second-order valence-corrected chi connectivity index (χ2v) is 8.28. The molecule has 1 unspecified atom stereocenters. The smallest absolute Gasteiger partial charge is 0.341 e. The van der Waals surface area contributed by atoms with E-state index in [-0.39, 0.29) is 11.3 Å². The first-order valence-corrected chi connectivity index (χ1v) is 10.1. The maximum absolute atomic E-state index is 12.6. The number of methoxy groups -OCH3 is 1. The largest absolute Gasteiger partial charge is 0.496 e. The van der Waals surface area contributed by atoms with Crippen LogP contribution in [0.4, 0.5) is 0 Å². The summed E-state index contributed by atoms with van der Waals surface area (Å²) in [6.45, 7) is 3.44. The van der Waals surface area contributed by atoms with E-state index in [0.29, 0.717) is 16.3 Å². The summed E-state index contributed by atoms with van der Waals surface area (Å²) in [6, 6.07) is 10.4. The Morgan fingerprint density at radius 3 is 2.37 bits per heavy atom. The standard InChI is InChI=1S/C19H22ClNO5S/c1-12-4-7-16(8-5-12)27(23,24)26-19(22)17(13(2)21)11-14-10-15(20)6-9-18(14)25-3/h4-10,13,17H,11,21H2,1-3H3/t13?,17-/m1/s1. The second-order valence-electron chi connectivity index (χ2n) is 6.30. The lowest BCUT2D eigenvalue weighted by Gasteiger charge is -2.20. The van der Waals surface area contributed by atoms with Crippen molar-refractivity contribution >= 4 is 27.7 Å². The van der Waals surface area contributed by atoms with Gasteiger partial charge in [-0.3, -0.25) is 4.79 Å². The first-order chi connectivity index (χ1) is 12.6. The van der Waals surface area contributed by atoms with Gasteiger partial charge in [0.1, 0.15) is 10.6 Å². The fourth-order valence-electron chi connectivity index (χ4n) is 2.55. The van der Waals surface area contributed by atoms with Crippen LogP contribution in [-0.4, -0.2) is 27.5 Å². The van der Waals surface area contributed by atoms with E-state index in [2.05, 4.69) is 0 Å². The molecule has 0 spiro atoms. The Morgan fingerprint density at radius 1 is 1.19 bits per heavy atom. The predicted molar refractivity (Wildman–Crippen MR) is 103 cm³/mol. The minimum atomic E-state index is -4.23. The SMILES string of the molecule is COc1ccc(Cl)cc1C[C@@H](C(=O)OS(=O)(=O)c1ccc(C)cc1)C(C)N. The summed E-state index contributed by atoms with van der Waals surface area (Å²) in [5.41, 5.74) is 7.45. The molecule has 0 heterocycles. The zero-order valence-corrected chi connectivity index (χ0v) is 16.9. The number of benzene rings is 2. The van der Waals surface area contributed by atoms with Crippen molar-refractivity contribution in [1.29, 1.82) is 0 Å². The van der Waals surface area contributed by atoms with Crippen molar-refractivity contribution < 1.29 is 22.1 Å². The first kappa shape index (κ1) is 21.2. The summed E-state index contributed by atoms with van der Waals surface area (Å²) >= 11 is 6.02. The summed E-state index contributed by atoms with van der Waals surface area (Å²) in [4.78, 5) is 12.5. The molecular formula is C19H22ClNO5S. The van der Waals surface area contributed by atoms with Crippen LogP contribution in [0.5, 0.6) is 5.75 Å². The number of carbonyl (C=O) groups excluding carboxylic acids is 1. The fraction of sp³-hybridized carbons (Fsp3) is 0.316. The zero-order chi connectivity index (χ0) is 20.2. The molecule has 0 saturated heterocycles. The molecule has 2 aromatic carbocycles. The highest BCUT2D eigenvalue weighted by Gasteiger charge is 2.30. The van der Waals surface area contributed by atoms with Crippen LogP contribution in [0.15, 0.2) is 47.4 Å².